The molecule has 0 aliphatic rings. The van der Waals surface area contributed by atoms with E-state index in [-0.39, 0.29) is 12.0 Å². The molecule has 0 radical (unpaired) electrons. The summed E-state index contributed by atoms with van der Waals surface area (Å²) in [7, 11) is 0. The Bertz CT molecular complexity index is 550. The molecule has 2 heteroatoms. The highest BCUT2D eigenvalue weighted by Crippen LogP contribution is 2.22. The van der Waals surface area contributed by atoms with Crippen molar-refractivity contribution in [3.05, 3.63) is 70.8 Å². The number of rotatable bonds is 5. The molecule has 2 rings (SSSR count). The fourth-order valence-electron chi connectivity index (χ4n) is 2.24. The van der Waals surface area contributed by atoms with Crippen LogP contribution < -0.4 is 5.32 Å². The monoisotopic (exact) mass is 283 g/mol. The first-order chi connectivity index (χ1) is 9.99. The van der Waals surface area contributed by atoms with Crippen LogP contribution in [-0.4, -0.2) is 5.11 Å². The third-order valence-corrected chi connectivity index (χ3v) is 3.68. The molecule has 0 saturated heterocycles. The average molecular weight is 283 g/mol. The van der Waals surface area contributed by atoms with E-state index < -0.39 is 0 Å². The van der Waals surface area contributed by atoms with E-state index in [1.165, 1.54) is 16.7 Å². The topological polar surface area (TPSA) is 32.3 Å². The fraction of sp³-hybridized carbons (Fsp3) is 0.368. The number of hydrogen-bond donors (Lipinski definition) is 2. The molecule has 0 aliphatic carbocycles. The van der Waals surface area contributed by atoms with Gasteiger partial charge in [-0.15, -0.1) is 0 Å². The summed E-state index contributed by atoms with van der Waals surface area (Å²) in [6.07, 6.45) is 0. The Morgan fingerprint density at radius 3 is 1.62 bits per heavy atom. The second kappa shape index (κ2) is 6.88. The number of benzene rings is 2. The summed E-state index contributed by atoms with van der Waals surface area (Å²) in [5.74, 6) is 0. The summed E-state index contributed by atoms with van der Waals surface area (Å²) >= 11 is 0. The molecule has 0 bridgehead atoms. The maximum atomic E-state index is 9.02. The van der Waals surface area contributed by atoms with Crippen LogP contribution in [0.2, 0.25) is 0 Å². The molecule has 0 aliphatic heterocycles. The third kappa shape index (κ3) is 4.69. The van der Waals surface area contributed by atoms with Crippen molar-refractivity contribution in [1.82, 2.24) is 5.32 Å². The lowest BCUT2D eigenvalue weighted by Crippen LogP contribution is -2.14. The van der Waals surface area contributed by atoms with Crippen molar-refractivity contribution in [2.75, 3.05) is 0 Å². The van der Waals surface area contributed by atoms with E-state index in [0.717, 1.165) is 18.7 Å². The van der Waals surface area contributed by atoms with Gasteiger partial charge in [0.2, 0.25) is 0 Å². The van der Waals surface area contributed by atoms with Gasteiger partial charge in [-0.2, -0.15) is 0 Å². The zero-order valence-electron chi connectivity index (χ0n) is 13.2. The molecule has 2 N–H and O–H groups in total. The minimum Gasteiger partial charge on any atom is -0.392 e. The standard InChI is InChI=1S/C19H25NO/c1-19(2,3)18-10-8-16(9-11-18)13-20-12-15-4-6-17(14-21)7-5-15/h4-11,20-21H,12-14H2,1-3H3. The van der Waals surface area contributed by atoms with Crippen LogP contribution >= 0.6 is 0 Å². The van der Waals surface area contributed by atoms with Gasteiger partial charge in [0.05, 0.1) is 6.61 Å². The maximum Gasteiger partial charge on any atom is 0.0681 e. The van der Waals surface area contributed by atoms with Gasteiger partial charge in [-0.25, -0.2) is 0 Å². The molecule has 2 nitrogen and oxygen atoms in total. The number of aliphatic hydroxyl groups is 1. The molecule has 0 amide bonds. The third-order valence-electron chi connectivity index (χ3n) is 3.68. The van der Waals surface area contributed by atoms with Crippen molar-refractivity contribution in [1.29, 1.82) is 0 Å². The predicted molar refractivity (Wildman–Crippen MR) is 88.1 cm³/mol. The van der Waals surface area contributed by atoms with Crippen LogP contribution in [0.1, 0.15) is 43.0 Å². The highest BCUT2D eigenvalue weighted by atomic mass is 16.3. The van der Waals surface area contributed by atoms with Crippen LogP contribution in [0.25, 0.3) is 0 Å². The van der Waals surface area contributed by atoms with E-state index in [9.17, 15) is 0 Å². The normalized spacial score (nSPS) is 11.6. The lowest BCUT2D eigenvalue weighted by atomic mass is 9.87. The van der Waals surface area contributed by atoms with Gasteiger partial charge in [-0.05, 0) is 27.7 Å². The molecule has 0 spiro atoms. The van der Waals surface area contributed by atoms with Crippen molar-refractivity contribution in [2.45, 2.75) is 45.9 Å². The van der Waals surface area contributed by atoms with E-state index in [1.54, 1.807) is 0 Å². The minimum absolute atomic E-state index is 0.105. The quantitative estimate of drug-likeness (QED) is 0.875. The lowest BCUT2D eigenvalue weighted by molar-refractivity contribution is 0.282. The van der Waals surface area contributed by atoms with E-state index in [0.29, 0.717) is 0 Å². The van der Waals surface area contributed by atoms with E-state index in [4.69, 9.17) is 5.11 Å². The number of nitrogens with one attached hydrogen (secondary N) is 1. The van der Waals surface area contributed by atoms with Gasteiger partial charge in [0.15, 0.2) is 0 Å². The Morgan fingerprint density at radius 2 is 1.19 bits per heavy atom. The zero-order valence-corrected chi connectivity index (χ0v) is 13.2. The summed E-state index contributed by atoms with van der Waals surface area (Å²) in [6, 6.07) is 16.9. The van der Waals surface area contributed by atoms with Gasteiger partial charge in [0.25, 0.3) is 0 Å². The SMILES string of the molecule is CC(C)(C)c1ccc(CNCc2ccc(CO)cc2)cc1. The highest BCUT2D eigenvalue weighted by Gasteiger charge is 2.12. The van der Waals surface area contributed by atoms with E-state index >= 15 is 0 Å². The van der Waals surface area contributed by atoms with Crippen molar-refractivity contribution in [3.63, 3.8) is 0 Å². The van der Waals surface area contributed by atoms with Gasteiger partial charge < -0.3 is 10.4 Å². The van der Waals surface area contributed by atoms with Crippen molar-refractivity contribution < 1.29 is 5.11 Å². The fourth-order valence-corrected chi connectivity index (χ4v) is 2.24. The Balaban J connectivity index is 1.85. The molecular formula is C19H25NO. The molecule has 21 heavy (non-hydrogen) atoms. The zero-order chi connectivity index (χ0) is 15.3. The Kier molecular flexibility index (Phi) is 5.16. The van der Waals surface area contributed by atoms with Crippen molar-refractivity contribution >= 4 is 0 Å². The summed E-state index contributed by atoms with van der Waals surface area (Å²) in [4.78, 5) is 0. The van der Waals surface area contributed by atoms with E-state index in [2.05, 4.69) is 62.5 Å². The second-order valence-electron chi connectivity index (χ2n) is 6.53. The molecule has 2 aromatic carbocycles. The van der Waals surface area contributed by atoms with Crippen LogP contribution in [-0.2, 0) is 25.1 Å². The van der Waals surface area contributed by atoms with Crippen LogP contribution in [0, 0.1) is 0 Å². The summed E-state index contributed by atoms with van der Waals surface area (Å²) in [5, 5.41) is 12.5. The van der Waals surface area contributed by atoms with Crippen LogP contribution in [0.5, 0.6) is 0 Å². The first kappa shape index (κ1) is 15.7. The molecule has 0 unspecified atom stereocenters. The molecule has 0 heterocycles. The first-order valence-electron chi connectivity index (χ1n) is 7.48. The molecular weight excluding hydrogens is 258 g/mol. The highest BCUT2D eigenvalue weighted by molar-refractivity contribution is 5.27. The largest absolute Gasteiger partial charge is 0.392 e. The van der Waals surface area contributed by atoms with Gasteiger partial charge in [0.1, 0.15) is 0 Å². The molecule has 2 aromatic rings. The number of aliphatic hydroxyl groups excluding tert-OH is 1. The number of hydrogen-bond acceptors (Lipinski definition) is 2. The van der Waals surface area contributed by atoms with Gasteiger partial charge in [-0.1, -0.05) is 69.3 Å². The predicted octanol–water partition coefficient (Wildman–Crippen LogP) is 3.77. The Labute approximate surface area is 127 Å². The van der Waals surface area contributed by atoms with Crippen LogP contribution in [0.4, 0.5) is 0 Å². The van der Waals surface area contributed by atoms with Crippen LogP contribution in [0.15, 0.2) is 48.5 Å². The summed E-state index contributed by atoms with van der Waals surface area (Å²) in [6.45, 7) is 8.51. The smallest absolute Gasteiger partial charge is 0.0681 e. The molecule has 0 aromatic heterocycles. The minimum atomic E-state index is 0.105. The molecule has 0 fully saturated rings. The molecule has 0 atom stereocenters. The Morgan fingerprint density at radius 1 is 0.762 bits per heavy atom. The van der Waals surface area contributed by atoms with E-state index in [1.807, 2.05) is 12.1 Å². The van der Waals surface area contributed by atoms with Crippen molar-refractivity contribution in [3.8, 4) is 0 Å². The summed E-state index contributed by atoms with van der Waals surface area (Å²) < 4.78 is 0. The summed E-state index contributed by atoms with van der Waals surface area (Å²) in [5.41, 5.74) is 5.07. The van der Waals surface area contributed by atoms with Crippen LogP contribution in [0.3, 0.4) is 0 Å². The second-order valence-corrected chi connectivity index (χ2v) is 6.53. The van der Waals surface area contributed by atoms with Gasteiger partial charge in [0, 0.05) is 13.1 Å². The average Bonchev–Trinajstić information content (AvgIpc) is 2.47. The van der Waals surface area contributed by atoms with Gasteiger partial charge in [-0.3, -0.25) is 0 Å². The molecule has 112 valence electrons. The lowest BCUT2D eigenvalue weighted by Gasteiger charge is -2.19. The molecule has 0 saturated carbocycles. The first-order valence-corrected chi connectivity index (χ1v) is 7.48. The van der Waals surface area contributed by atoms with Gasteiger partial charge >= 0.3 is 0 Å². The van der Waals surface area contributed by atoms with Crippen molar-refractivity contribution in [2.24, 2.45) is 0 Å². The maximum absolute atomic E-state index is 9.02. The Hall–Kier alpha value is -1.64.